The van der Waals surface area contributed by atoms with Gasteiger partial charge in [-0.05, 0) is 30.7 Å². The number of nitrogens with one attached hydrogen (secondary N) is 2. The lowest BCUT2D eigenvalue weighted by Gasteiger charge is -2.22. The number of para-hydroxylation sites is 1. The maximum atomic E-state index is 13.8. The van der Waals surface area contributed by atoms with Crippen molar-refractivity contribution in [2.75, 3.05) is 23.7 Å². The van der Waals surface area contributed by atoms with Gasteiger partial charge in [0.1, 0.15) is 6.17 Å². The second-order valence-corrected chi connectivity index (χ2v) is 9.61. The smallest absolute Gasteiger partial charge is 0.119 e. The molecule has 4 nitrogen and oxygen atoms in total. The third-order valence-corrected chi connectivity index (χ3v) is 7.36. The van der Waals surface area contributed by atoms with Crippen LogP contribution in [0.3, 0.4) is 0 Å². The number of halogens is 2. The Kier molecular flexibility index (Phi) is 4.64. The minimum Gasteiger partial charge on any atom is -0.368 e. The molecular formula is C20H21ClFN3OS. The van der Waals surface area contributed by atoms with Crippen molar-refractivity contribution in [3.8, 4) is 11.3 Å². The van der Waals surface area contributed by atoms with Gasteiger partial charge in [-0.15, -0.1) is 0 Å². The summed E-state index contributed by atoms with van der Waals surface area (Å²) in [5.41, 5.74) is 3.22. The number of aromatic amines is 1. The first-order valence-electron chi connectivity index (χ1n) is 8.97. The van der Waals surface area contributed by atoms with Crippen molar-refractivity contribution in [1.29, 1.82) is 4.78 Å². The van der Waals surface area contributed by atoms with Gasteiger partial charge >= 0.3 is 0 Å². The fraction of sp³-hybridized carbons (Fsp3) is 0.300. The number of nitrogens with zero attached hydrogens (tertiary/aromatic N) is 1. The second kappa shape index (κ2) is 6.84. The van der Waals surface area contributed by atoms with Crippen LogP contribution in [0.4, 0.5) is 10.1 Å². The Morgan fingerprint density at radius 3 is 2.78 bits per heavy atom. The summed E-state index contributed by atoms with van der Waals surface area (Å²) in [5.74, 6) is 0.239. The highest BCUT2D eigenvalue weighted by Gasteiger charge is 2.26. The van der Waals surface area contributed by atoms with E-state index in [1.165, 1.54) is 0 Å². The summed E-state index contributed by atoms with van der Waals surface area (Å²) < 4.78 is 34.6. The van der Waals surface area contributed by atoms with Crippen LogP contribution in [0, 0.1) is 4.78 Å². The van der Waals surface area contributed by atoms with Crippen LogP contribution in [0.25, 0.3) is 22.2 Å². The van der Waals surface area contributed by atoms with Crippen LogP contribution < -0.4 is 4.90 Å². The molecule has 2 N–H and O–H groups in total. The van der Waals surface area contributed by atoms with E-state index in [2.05, 4.69) is 4.98 Å². The number of hydrogen-bond donors (Lipinski definition) is 2. The molecule has 1 aliphatic rings. The van der Waals surface area contributed by atoms with E-state index in [0.717, 1.165) is 22.2 Å². The maximum absolute atomic E-state index is 13.8. The van der Waals surface area contributed by atoms with Crippen LogP contribution in [0.15, 0.2) is 47.4 Å². The molecule has 3 aromatic rings. The molecule has 4 rings (SSSR count). The van der Waals surface area contributed by atoms with Crippen molar-refractivity contribution >= 4 is 37.9 Å². The molecule has 0 saturated carbocycles. The topological polar surface area (TPSA) is 60.0 Å². The lowest BCUT2D eigenvalue weighted by molar-refractivity contribution is 0.364. The first kappa shape index (κ1) is 18.3. The number of hydrogen-bond acceptors (Lipinski definition) is 3. The lowest BCUT2D eigenvalue weighted by atomic mass is 10.1. The Balaban J connectivity index is 1.94. The summed E-state index contributed by atoms with van der Waals surface area (Å²) in [4.78, 5) is 5.80. The number of alkyl halides is 1. The predicted octanol–water partition coefficient (Wildman–Crippen LogP) is 5.46. The van der Waals surface area contributed by atoms with E-state index >= 15 is 0 Å². The zero-order chi connectivity index (χ0) is 19.2. The van der Waals surface area contributed by atoms with Gasteiger partial charge in [0, 0.05) is 45.9 Å². The quantitative estimate of drug-likeness (QED) is 0.605. The lowest BCUT2D eigenvalue weighted by Crippen LogP contribution is -2.21. The Morgan fingerprint density at radius 1 is 1.33 bits per heavy atom. The van der Waals surface area contributed by atoms with Crippen molar-refractivity contribution in [2.45, 2.75) is 24.4 Å². The Labute approximate surface area is 163 Å². The van der Waals surface area contributed by atoms with Crippen LogP contribution in [-0.4, -0.2) is 34.2 Å². The average molecular weight is 406 g/mol. The fourth-order valence-corrected chi connectivity index (χ4v) is 4.84. The molecule has 0 aliphatic carbocycles. The van der Waals surface area contributed by atoms with Crippen LogP contribution in [0.5, 0.6) is 0 Å². The van der Waals surface area contributed by atoms with Crippen LogP contribution in [-0.2, 0) is 9.73 Å². The molecule has 142 valence electrons. The van der Waals surface area contributed by atoms with Gasteiger partial charge < -0.3 is 9.88 Å². The molecule has 2 atom stereocenters. The molecule has 7 heteroatoms. The van der Waals surface area contributed by atoms with Gasteiger partial charge in [-0.25, -0.2) is 13.4 Å². The third kappa shape index (κ3) is 3.21. The molecule has 1 saturated heterocycles. The first-order chi connectivity index (χ1) is 12.9. The van der Waals surface area contributed by atoms with Crippen molar-refractivity contribution < 1.29 is 8.60 Å². The highest BCUT2D eigenvalue weighted by molar-refractivity contribution is 7.92. The molecule has 1 fully saturated rings. The van der Waals surface area contributed by atoms with Gasteiger partial charge in [-0.2, -0.15) is 0 Å². The number of aromatic nitrogens is 1. The van der Waals surface area contributed by atoms with Gasteiger partial charge in [0.05, 0.1) is 20.4 Å². The molecule has 27 heavy (non-hydrogen) atoms. The van der Waals surface area contributed by atoms with E-state index in [9.17, 15) is 8.60 Å². The monoisotopic (exact) mass is 405 g/mol. The van der Waals surface area contributed by atoms with Gasteiger partial charge in [0.25, 0.3) is 0 Å². The fourth-order valence-electron chi connectivity index (χ4n) is 3.59. The molecule has 0 radical (unpaired) electrons. The Bertz CT molecular complexity index is 1110. The number of H-pyrrole nitrogens is 1. The number of anilines is 1. The highest BCUT2D eigenvalue weighted by atomic mass is 35.5. The van der Waals surface area contributed by atoms with Crippen molar-refractivity contribution in [2.24, 2.45) is 0 Å². The van der Waals surface area contributed by atoms with E-state index in [1.807, 2.05) is 35.2 Å². The normalized spacial score (nSPS) is 19.5. The molecule has 2 heterocycles. The average Bonchev–Trinajstić information content (AvgIpc) is 3.25. The molecule has 0 spiro atoms. The van der Waals surface area contributed by atoms with E-state index in [-0.39, 0.29) is 5.75 Å². The first-order valence-corrected chi connectivity index (χ1v) is 11.1. The SMILES string of the molecule is CCS(=N)(=O)c1ccc(N2CCC(F)C2)c(-c2[nH]c3ccccc3c2Cl)c1. The Morgan fingerprint density at radius 2 is 2.11 bits per heavy atom. The Hall–Kier alpha value is -2.05. The zero-order valence-electron chi connectivity index (χ0n) is 15.0. The van der Waals surface area contributed by atoms with Crippen LogP contribution >= 0.6 is 11.6 Å². The van der Waals surface area contributed by atoms with Crippen molar-refractivity contribution in [3.63, 3.8) is 0 Å². The molecular weight excluding hydrogens is 385 g/mol. The molecule has 0 bridgehead atoms. The van der Waals surface area contributed by atoms with Gasteiger partial charge in [-0.3, -0.25) is 0 Å². The molecule has 1 aliphatic heterocycles. The number of fused-ring (bicyclic) bond motifs is 1. The standard InChI is InChI=1S/C20H21ClFN3OS/c1-2-27(23,26)14-7-8-18(25-10-9-13(22)12-25)16(11-14)20-19(21)15-5-3-4-6-17(15)24-20/h3-8,11,13,23-24H,2,9-10,12H2,1H3. The van der Waals surface area contributed by atoms with Crippen LogP contribution in [0.2, 0.25) is 5.02 Å². The molecule has 2 aromatic carbocycles. The highest BCUT2D eigenvalue weighted by Crippen LogP contribution is 2.41. The number of benzene rings is 2. The van der Waals surface area contributed by atoms with Crippen molar-refractivity contribution in [3.05, 3.63) is 47.5 Å². The predicted molar refractivity (Wildman–Crippen MR) is 110 cm³/mol. The minimum atomic E-state index is -2.87. The summed E-state index contributed by atoms with van der Waals surface area (Å²) >= 11 is 6.66. The molecule has 1 aromatic heterocycles. The molecule has 2 unspecified atom stereocenters. The van der Waals surface area contributed by atoms with Gasteiger partial charge in [0.2, 0.25) is 0 Å². The maximum Gasteiger partial charge on any atom is 0.119 e. The number of rotatable bonds is 4. The largest absolute Gasteiger partial charge is 0.368 e. The van der Waals surface area contributed by atoms with E-state index in [4.69, 9.17) is 16.4 Å². The second-order valence-electron chi connectivity index (χ2n) is 6.83. The van der Waals surface area contributed by atoms with E-state index < -0.39 is 15.9 Å². The van der Waals surface area contributed by atoms with Crippen LogP contribution in [0.1, 0.15) is 13.3 Å². The zero-order valence-corrected chi connectivity index (χ0v) is 16.5. The van der Waals surface area contributed by atoms with Crippen molar-refractivity contribution in [1.82, 2.24) is 4.98 Å². The summed E-state index contributed by atoms with van der Waals surface area (Å²) in [7, 11) is -2.87. The summed E-state index contributed by atoms with van der Waals surface area (Å²) in [6, 6.07) is 13.1. The summed E-state index contributed by atoms with van der Waals surface area (Å²) in [6.07, 6.45) is -0.363. The molecule has 0 amide bonds. The third-order valence-electron chi connectivity index (χ3n) is 5.14. The van der Waals surface area contributed by atoms with E-state index in [1.54, 1.807) is 19.1 Å². The summed E-state index contributed by atoms with van der Waals surface area (Å²) in [6.45, 7) is 2.69. The minimum absolute atomic E-state index is 0.239. The van der Waals surface area contributed by atoms with Gasteiger partial charge in [-0.1, -0.05) is 36.7 Å². The summed E-state index contributed by atoms with van der Waals surface area (Å²) in [5, 5.41) is 1.48. The van der Waals surface area contributed by atoms with E-state index in [0.29, 0.717) is 35.1 Å². The van der Waals surface area contributed by atoms with Gasteiger partial charge in [0.15, 0.2) is 0 Å².